The van der Waals surface area contributed by atoms with Crippen LogP contribution in [0.4, 0.5) is 0 Å². The first-order valence-corrected chi connectivity index (χ1v) is 13.3. The summed E-state index contributed by atoms with van der Waals surface area (Å²) in [5.41, 5.74) is -0.687. The lowest BCUT2D eigenvalue weighted by atomic mass is 9.48. The molecule has 0 aromatic rings. The molecule has 3 nitrogen and oxygen atoms in total. The molecule has 0 amide bonds. The zero-order valence-corrected chi connectivity index (χ0v) is 19.2. The molecular formula is C24H39O3S+. The highest BCUT2D eigenvalue weighted by Gasteiger charge is 2.55. The van der Waals surface area contributed by atoms with Gasteiger partial charge in [-0.2, -0.15) is 0 Å². The van der Waals surface area contributed by atoms with E-state index >= 15 is 0 Å². The molecule has 0 N–H and O–H groups in total. The highest BCUT2D eigenvalue weighted by molar-refractivity contribution is 7.97. The van der Waals surface area contributed by atoms with E-state index in [-0.39, 0.29) is 27.9 Å². The molecule has 158 valence electrons. The van der Waals surface area contributed by atoms with Crippen LogP contribution in [-0.2, 0) is 25.2 Å². The monoisotopic (exact) mass is 407 g/mol. The zero-order valence-electron chi connectivity index (χ0n) is 18.4. The van der Waals surface area contributed by atoms with Crippen LogP contribution in [0.2, 0.25) is 0 Å². The molecule has 1 aliphatic heterocycles. The zero-order chi connectivity index (χ0) is 20.2. The summed E-state index contributed by atoms with van der Waals surface area (Å²) in [6.45, 7) is 8.07. The maximum absolute atomic E-state index is 13.4. The first kappa shape index (κ1) is 20.8. The van der Waals surface area contributed by atoms with Crippen LogP contribution in [0, 0.1) is 28.6 Å². The van der Waals surface area contributed by atoms with Crippen molar-refractivity contribution in [3.63, 3.8) is 0 Å². The minimum absolute atomic E-state index is 0.0557. The van der Waals surface area contributed by atoms with Crippen LogP contribution < -0.4 is 0 Å². The van der Waals surface area contributed by atoms with Crippen molar-refractivity contribution in [3.05, 3.63) is 0 Å². The first-order valence-electron chi connectivity index (χ1n) is 11.5. The van der Waals surface area contributed by atoms with Crippen molar-refractivity contribution >= 4 is 22.6 Å². The number of esters is 1. The predicted octanol–water partition coefficient (Wildman–Crippen LogP) is 4.92. The molecule has 28 heavy (non-hydrogen) atoms. The Morgan fingerprint density at radius 1 is 1.00 bits per heavy atom. The lowest BCUT2D eigenvalue weighted by Crippen LogP contribution is -2.52. The smallest absolute Gasteiger partial charge is 0.312 e. The number of ether oxygens (including phenoxy) is 1. The van der Waals surface area contributed by atoms with Crippen molar-refractivity contribution in [2.45, 2.75) is 91.1 Å². The van der Waals surface area contributed by atoms with Gasteiger partial charge in [-0.25, -0.2) is 0 Å². The number of rotatable bonds is 6. The fourth-order valence-corrected chi connectivity index (χ4v) is 9.10. The third-order valence-corrected chi connectivity index (χ3v) is 10.8. The van der Waals surface area contributed by atoms with E-state index in [0.717, 1.165) is 54.3 Å². The molecule has 4 saturated carbocycles. The molecule has 0 atom stereocenters. The molecule has 0 aromatic heterocycles. The topological polar surface area (TPSA) is 43.4 Å². The normalized spacial score (nSPS) is 42.4. The second-order valence-electron chi connectivity index (χ2n) is 11.4. The van der Waals surface area contributed by atoms with E-state index in [0.29, 0.717) is 5.78 Å². The van der Waals surface area contributed by atoms with Crippen LogP contribution in [0.5, 0.6) is 0 Å². The van der Waals surface area contributed by atoms with Crippen molar-refractivity contribution in [3.8, 4) is 0 Å². The minimum atomic E-state index is -0.406. The minimum Gasteiger partial charge on any atom is -0.459 e. The third kappa shape index (κ3) is 3.91. The molecule has 1 heterocycles. The highest BCUT2D eigenvalue weighted by Crippen LogP contribution is 2.60. The Morgan fingerprint density at radius 2 is 1.50 bits per heavy atom. The van der Waals surface area contributed by atoms with Crippen LogP contribution >= 0.6 is 0 Å². The number of carbonyl (C=O) groups excluding carboxylic acids is 2. The second kappa shape index (κ2) is 7.32. The van der Waals surface area contributed by atoms with E-state index in [1.54, 1.807) is 0 Å². The molecule has 1 saturated heterocycles. The van der Waals surface area contributed by atoms with Gasteiger partial charge in [-0.1, -0.05) is 6.92 Å². The predicted molar refractivity (Wildman–Crippen MR) is 115 cm³/mol. The fraction of sp³-hybridized carbons (Fsp3) is 0.917. The number of hydrogen-bond acceptors (Lipinski definition) is 3. The molecule has 4 bridgehead atoms. The lowest BCUT2D eigenvalue weighted by molar-refractivity contribution is -0.169. The molecule has 0 radical (unpaired) electrons. The Labute approximate surface area is 174 Å². The third-order valence-electron chi connectivity index (χ3n) is 8.58. The van der Waals surface area contributed by atoms with Gasteiger partial charge in [-0.15, -0.1) is 0 Å². The van der Waals surface area contributed by atoms with Crippen molar-refractivity contribution in [1.29, 1.82) is 0 Å². The van der Waals surface area contributed by atoms with Gasteiger partial charge in [0.25, 0.3) is 0 Å². The van der Waals surface area contributed by atoms with E-state index in [4.69, 9.17) is 4.74 Å². The Balaban J connectivity index is 1.31. The molecule has 4 heteroatoms. The Morgan fingerprint density at radius 3 is 1.96 bits per heavy atom. The molecular weight excluding hydrogens is 368 g/mol. The number of carbonyl (C=O) groups is 2. The molecule has 0 unspecified atom stereocenters. The van der Waals surface area contributed by atoms with Gasteiger partial charge in [-0.3, -0.25) is 9.59 Å². The summed E-state index contributed by atoms with van der Waals surface area (Å²) in [5, 5.41) is 0. The Hall–Kier alpha value is -0.510. The lowest BCUT2D eigenvalue weighted by Gasteiger charge is -2.55. The van der Waals surface area contributed by atoms with Crippen molar-refractivity contribution in [2.75, 3.05) is 17.3 Å². The van der Waals surface area contributed by atoms with E-state index in [2.05, 4.69) is 6.92 Å². The summed E-state index contributed by atoms with van der Waals surface area (Å²) < 4.78 is 5.97. The van der Waals surface area contributed by atoms with Gasteiger partial charge in [-0.05, 0) is 94.4 Å². The average molecular weight is 408 g/mol. The summed E-state index contributed by atoms with van der Waals surface area (Å²) in [4.78, 5) is 25.9. The number of Topliss-reactive ketones (excluding diaryl/α,β-unsaturated/α-hetero) is 1. The first-order chi connectivity index (χ1) is 13.1. The largest absolute Gasteiger partial charge is 0.459 e. The van der Waals surface area contributed by atoms with Crippen molar-refractivity contribution in [2.24, 2.45) is 28.6 Å². The van der Waals surface area contributed by atoms with E-state index < -0.39 is 5.41 Å². The van der Waals surface area contributed by atoms with Crippen LogP contribution in [0.15, 0.2) is 0 Å². The van der Waals surface area contributed by atoms with Crippen molar-refractivity contribution < 1.29 is 14.3 Å². The van der Waals surface area contributed by atoms with Gasteiger partial charge in [0.15, 0.2) is 11.5 Å². The molecule has 0 spiro atoms. The van der Waals surface area contributed by atoms with Gasteiger partial charge >= 0.3 is 5.97 Å². The quantitative estimate of drug-likeness (QED) is 0.463. The van der Waals surface area contributed by atoms with Crippen LogP contribution in [0.1, 0.15) is 85.5 Å². The number of hydrogen-bond donors (Lipinski definition) is 0. The van der Waals surface area contributed by atoms with E-state index in [1.807, 2.05) is 20.8 Å². The molecule has 5 aliphatic rings. The van der Waals surface area contributed by atoms with Crippen LogP contribution in [-0.4, -0.2) is 34.6 Å². The van der Waals surface area contributed by atoms with Crippen LogP contribution in [0.3, 0.4) is 0 Å². The maximum atomic E-state index is 13.4. The second-order valence-corrected chi connectivity index (χ2v) is 13.7. The van der Waals surface area contributed by atoms with Gasteiger partial charge in [0, 0.05) is 18.3 Å². The highest BCUT2D eigenvalue weighted by atomic mass is 32.2. The average Bonchev–Trinajstić information content (AvgIpc) is 2.62. The van der Waals surface area contributed by atoms with Crippen molar-refractivity contribution in [1.82, 2.24) is 0 Å². The molecule has 5 fully saturated rings. The van der Waals surface area contributed by atoms with Gasteiger partial charge in [0.1, 0.15) is 17.1 Å². The standard InChI is InChI=1S/C24H39O3S/c1-5-22(2,3)21(26)27-23(4)6-8-28(9-7-23)16-20(25)24-13-17-10-18(14-24)12-19(11-17)15-24/h17-19H,5-16H2,1-4H3/q+1. The fourth-order valence-electron chi connectivity index (χ4n) is 6.49. The SMILES string of the molecule is CCC(C)(C)C(=O)OC1(C)CC[S+](CC(=O)C23CC4CC(CC(C4)C2)C3)CC1. The van der Waals surface area contributed by atoms with E-state index in [1.165, 1.54) is 38.5 Å². The summed E-state index contributed by atoms with van der Waals surface area (Å²) in [5.74, 6) is 5.96. The summed E-state index contributed by atoms with van der Waals surface area (Å²) in [6.07, 6.45) is 10.4. The Kier molecular flexibility index (Phi) is 5.42. The van der Waals surface area contributed by atoms with Gasteiger partial charge in [0.2, 0.25) is 0 Å². The molecule has 4 aliphatic carbocycles. The van der Waals surface area contributed by atoms with Crippen LogP contribution in [0.25, 0.3) is 0 Å². The maximum Gasteiger partial charge on any atom is 0.312 e. The number of ketones is 1. The molecule has 0 aromatic carbocycles. The Bertz CT molecular complexity index is 594. The van der Waals surface area contributed by atoms with E-state index in [9.17, 15) is 9.59 Å². The summed E-state index contributed by atoms with van der Waals surface area (Å²) >= 11 is 0. The van der Waals surface area contributed by atoms with Gasteiger partial charge < -0.3 is 4.74 Å². The summed E-state index contributed by atoms with van der Waals surface area (Å²) in [7, 11) is 0.187. The summed E-state index contributed by atoms with van der Waals surface area (Å²) in [6, 6.07) is 0. The van der Waals surface area contributed by atoms with Gasteiger partial charge in [0.05, 0.1) is 5.41 Å². The molecule has 5 rings (SSSR count).